The largest absolute Gasteiger partial charge is 0.277 e. The van der Waals surface area contributed by atoms with Crippen LogP contribution >= 0.6 is 22.6 Å². The van der Waals surface area contributed by atoms with Crippen molar-refractivity contribution in [1.82, 2.24) is 5.43 Å². The summed E-state index contributed by atoms with van der Waals surface area (Å²) >= 11 is 1.90. The molecule has 0 unspecified atom stereocenters. The van der Waals surface area contributed by atoms with Crippen LogP contribution in [0.25, 0.3) is 0 Å². The Bertz CT molecular complexity index is 62.6. The van der Waals surface area contributed by atoms with Gasteiger partial charge in [0.1, 0.15) is 0 Å². The zero-order valence-electron chi connectivity index (χ0n) is 2.89. The Labute approximate surface area is 48.9 Å². The number of rotatable bonds is 2. The highest BCUT2D eigenvalue weighted by Gasteiger charge is 1.56. The highest BCUT2D eigenvalue weighted by Crippen LogP contribution is 1.64. The van der Waals surface area contributed by atoms with Crippen LogP contribution in [0.2, 0.25) is 0 Å². The third kappa shape index (κ3) is 3.87. The van der Waals surface area contributed by atoms with Crippen molar-refractivity contribution in [1.29, 1.82) is 0 Å². The first kappa shape index (κ1) is 5.87. The molecule has 0 aliphatic heterocycles. The van der Waals surface area contributed by atoms with E-state index < -0.39 is 0 Å². The van der Waals surface area contributed by atoms with E-state index in [1.807, 2.05) is 22.6 Å². The lowest BCUT2D eigenvalue weighted by molar-refractivity contribution is -0.109. The van der Waals surface area contributed by atoms with Crippen LogP contribution in [0.5, 0.6) is 0 Å². The molecule has 34 valence electrons. The number of nitrogens with one attached hydrogen (secondary N) is 1. The van der Waals surface area contributed by atoms with Crippen molar-refractivity contribution in [2.45, 2.75) is 0 Å². The molecule has 0 rings (SSSR count). The van der Waals surface area contributed by atoms with Gasteiger partial charge in [-0.15, -0.1) is 0 Å². The molecule has 0 heterocycles. The first-order valence-corrected chi connectivity index (χ1v) is 2.47. The molecule has 0 aromatic heterocycles. The molecule has 0 aliphatic rings. The second kappa shape index (κ2) is 4.87. The number of hydrazone groups is 1. The molecule has 0 aliphatic carbocycles. The maximum atomic E-state index is 9.34. The minimum Gasteiger partial charge on any atom is -0.277 e. The lowest BCUT2D eigenvalue weighted by Crippen LogP contribution is -1.97. The van der Waals surface area contributed by atoms with Crippen LogP contribution < -0.4 is 5.43 Å². The summed E-state index contributed by atoms with van der Waals surface area (Å²) in [6.07, 6.45) is 0.509. The molecule has 1 N–H and O–H groups in total. The molecule has 1 amide bonds. The molecule has 4 heteroatoms. The zero-order chi connectivity index (χ0) is 4.83. The fraction of sp³-hybridized carbons (Fsp3) is 0. The normalized spacial score (nSPS) is 8.83. The lowest BCUT2D eigenvalue weighted by atomic mass is 11.4. The van der Waals surface area contributed by atoms with Crippen LogP contribution in [0.3, 0.4) is 0 Å². The van der Waals surface area contributed by atoms with Gasteiger partial charge in [-0.3, -0.25) is 4.79 Å². The Kier molecular flexibility index (Phi) is 4.76. The van der Waals surface area contributed by atoms with Gasteiger partial charge in [0.2, 0.25) is 6.41 Å². The molecule has 6 heavy (non-hydrogen) atoms. The van der Waals surface area contributed by atoms with Gasteiger partial charge in [0.05, 0.1) is 4.22 Å². The predicted octanol–water partition coefficient (Wildman–Crippen LogP) is 0.111. The van der Waals surface area contributed by atoms with E-state index in [1.165, 1.54) is 4.22 Å². The smallest absolute Gasteiger partial charge is 0.227 e. The standard InChI is InChI=1S/C2H3IN2O/c3-1-4-5-2-6/h1-2H,(H,5,6)/b4-1-. The van der Waals surface area contributed by atoms with Crippen LogP contribution in [0.15, 0.2) is 5.10 Å². The molecule has 0 bridgehead atoms. The predicted molar refractivity (Wildman–Crippen MR) is 31.7 cm³/mol. The van der Waals surface area contributed by atoms with Crippen LogP contribution in [0.1, 0.15) is 0 Å². The van der Waals surface area contributed by atoms with Crippen molar-refractivity contribution >= 4 is 33.2 Å². The number of hydrogen-bond acceptors (Lipinski definition) is 2. The number of hydrogen-bond donors (Lipinski definition) is 1. The Balaban J connectivity index is 2.85. The Hall–Kier alpha value is -0.130. The molecule has 0 aromatic rings. The zero-order valence-corrected chi connectivity index (χ0v) is 5.05. The van der Waals surface area contributed by atoms with E-state index in [9.17, 15) is 4.79 Å². The maximum absolute atomic E-state index is 9.34. The van der Waals surface area contributed by atoms with Crippen molar-refractivity contribution in [3.05, 3.63) is 0 Å². The number of carbonyl (C=O) groups is 1. The third-order valence-electron chi connectivity index (χ3n) is 0.176. The summed E-state index contributed by atoms with van der Waals surface area (Å²) in [5.41, 5.74) is 2.08. The van der Waals surface area contributed by atoms with Crippen molar-refractivity contribution in [2.75, 3.05) is 0 Å². The maximum Gasteiger partial charge on any atom is 0.227 e. The van der Waals surface area contributed by atoms with E-state index in [1.54, 1.807) is 0 Å². The van der Waals surface area contributed by atoms with Crippen molar-refractivity contribution in [3.63, 3.8) is 0 Å². The quantitative estimate of drug-likeness (QED) is 0.291. The van der Waals surface area contributed by atoms with Gasteiger partial charge in [-0.25, -0.2) is 5.43 Å². The van der Waals surface area contributed by atoms with Gasteiger partial charge in [-0.05, 0) is 22.6 Å². The van der Waals surface area contributed by atoms with Gasteiger partial charge in [0.15, 0.2) is 0 Å². The molecule has 0 atom stereocenters. The van der Waals surface area contributed by atoms with Gasteiger partial charge >= 0.3 is 0 Å². The highest BCUT2D eigenvalue weighted by molar-refractivity contribution is 14.1. The Morgan fingerprint density at radius 1 is 1.83 bits per heavy atom. The SMILES string of the molecule is O=CN/N=C\I. The fourth-order valence-corrected chi connectivity index (χ4v) is 0.219. The molecule has 0 saturated heterocycles. The lowest BCUT2D eigenvalue weighted by Gasteiger charge is -1.73. The van der Waals surface area contributed by atoms with Gasteiger partial charge in [0.25, 0.3) is 0 Å². The van der Waals surface area contributed by atoms with E-state index in [2.05, 4.69) is 10.5 Å². The van der Waals surface area contributed by atoms with Gasteiger partial charge in [0, 0.05) is 0 Å². The van der Waals surface area contributed by atoms with Crippen LogP contribution in [0, 0.1) is 0 Å². The number of carbonyl (C=O) groups excluding carboxylic acids is 1. The Morgan fingerprint density at radius 3 is 2.67 bits per heavy atom. The molecule has 0 spiro atoms. The van der Waals surface area contributed by atoms with Gasteiger partial charge < -0.3 is 0 Å². The van der Waals surface area contributed by atoms with Gasteiger partial charge in [-0.2, -0.15) is 5.10 Å². The molecule has 0 fully saturated rings. The van der Waals surface area contributed by atoms with E-state index >= 15 is 0 Å². The highest BCUT2D eigenvalue weighted by atomic mass is 127. The summed E-state index contributed by atoms with van der Waals surface area (Å²) in [5, 5.41) is 3.33. The summed E-state index contributed by atoms with van der Waals surface area (Å²) in [6.45, 7) is 0. The number of nitrogens with zero attached hydrogens (tertiary/aromatic N) is 1. The fourth-order valence-electron chi connectivity index (χ4n) is 0.0586. The minimum atomic E-state index is 0.509. The average Bonchev–Trinajstić information content (AvgIpc) is 1.61. The summed E-state index contributed by atoms with van der Waals surface area (Å²) in [7, 11) is 0. The summed E-state index contributed by atoms with van der Waals surface area (Å²) in [4.78, 5) is 9.34. The molecular weight excluding hydrogens is 195 g/mol. The second-order valence-corrected chi connectivity index (χ2v) is 1.03. The monoisotopic (exact) mass is 198 g/mol. The van der Waals surface area contributed by atoms with E-state index in [4.69, 9.17) is 0 Å². The van der Waals surface area contributed by atoms with E-state index in [0.29, 0.717) is 6.41 Å². The summed E-state index contributed by atoms with van der Waals surface area (Å²) < 4.78 is 1.46. The Morgan fingerprint density at radius 2 is 2.50 bits per heavy atom. The average molecular weight is 198 g/mol. The van der Waals surface area contributed by atoms with Crippen LogP contribution in [-0.4, -0.2) is 10.6 Å². The first-order chi connectivity index (χ1) is 2.91. The first-order valence-electron chi connectivity index (χ1n) is 1.22. The minimum absolute atomic E-state index is 0.509. The topological polar surface area (TPSA) is 41.5 Å². The molecule has 3 nitrogen and oxygen atoms in total. The van der Waals surface area contributed by atoms with Gasteiger partial charge in [-0.1, -0.05) is 0 Å². The van der Waals surface area contributed by atoms with Crippen molar-refractivity contribution in [3.8, 4) is 0 Å². The summed E-state index contributed by atoms with van der Waals surface area (Å²) in [5.74, 6) is 0. The molecule has 0 radical (unpaired) electrons. The molecule has 0 saturated carbocycles. The van der Waals surface area contributed by atoms with E-state index in [0.717, 1.165) is 0 Å². The second-order valence-electron chi connectivity index (χ2n) is 0.474. The third-order valence-corrected chi connectivity index (χ3v) is 0.455. The molecule has 0 aromatic carbocycles. The van der Waals surface area contributed by atoms with Crippen molar-refractivity contribution < 1.29 is 4.79 Å². The van der Waals surface area contributed by atoms with Crippen molar-refractivity contribution in [2.24, 2.45) is 5.10 Å². The van der Waals surface area contributed by atoms with Crippen LogP contribution in [0.4, 0.5) is 0 Å². The number of halogens is 1. The molecular formula is C2H3IN2O. The van der Waals surface area contributed by atoms with Crippen LogP contribution in [-0.2, 0) is 4.79 Å². The van der Waals surface area contributed by atoms with E-state index in [-0.39, 0.29) is 0 Å². The number of amides is 1. The summed E-state index contributed by atoms with van der Waals surface area (Å²) in [6, 6.07) is 0.